The van der Waals surface area contributed by atoms with Crippen molar-refractivity contribution in [2.45, 2.75) is 36.6 Å². The van der Waals surface area contributed by atoms with E-state index in [1.807, 2.05) is 0 Å². The SMILES string of the molecule is O=C(CCNS(=O)(=O)c1ccc(F)cc1)N[C@H]1CC[C@@H](C(=O)O)C1. The van der Waals surface area contributed by atoms with E-state index < -0.39 is 27.7 Å². The molecule has 1 amide bonds. The van der Waals surface area contributed by atoms with E-state index in [-0.39, 0.29) is 29.8 Å². The Labute approximate surface area is 139 Å². The number of sulfonamides is 1. The fourth-order valence-corrected chi connectivity index (χ4v) is 3.66. The van der Waals surface area contributed by atoms with Gasteiger partial charge in [-0.05, 0) is 43.5 Å². The number of carboxylic acid groups (broad SMARTS) is 1. The molecule has 0 spiro atoms. The van der Waals surface area contributed by atoms with Crippen molar-refractivity contribution in [1.82, 2.24) is 10.0 Å². The summed E-state index contributed by atoms with van der Waals surface area (Å²) in [5.74, 6) is -2.18. The number of aliphatic carboxylic acids is 1. The lowest BCUT2D eigenvalue weighted by Gasteiger charge is -2.12. The largest absolute Gasteiger partial charge is 0.481 e. The van der Waals surface area contributed by atoms with Crippen molar-refractivity contribution in [3.8, 4) is 0 Å². The van der Waals surface area contributed by atoms with Gasteiger partial charge in [0.2, 0.25) is 15.9 Å². The smallest absolute Gasteiger partial charge is 0.306 e. The van der Waals surface area contributed by atoms with Gasteiger partial charge in [0.15, 0.2) is 0 Å². The Bertz CT molecular complexity index is 705. The van der Waals surface area contributed by atoms with Crippen LogP contribution in [0.5, 0.6) is 0 Å². The number of carboxylic acids is 1. The van der Waals surface area contributed by atoms with Crippen molar-refractivity contribution in [1.29, 1.82) is 0 Å². The minimum absolute atomic E-state index is 0.0609. The van der Waals surface area contributed by atoms with Gasteiger partial charge in [-0.3, -0.25) is 9.59 Å². The molecule has 2 atom stereocenters. The topological polar surface area (TPSA) is 113 Å². The average molecular weight is 358 g/mol. The van der Waals surface area contributed by atoms with E-state index in [0.29, 0.717) is 19.3 Å². The van der Waals surface area contributed by atoms with Crippen molar-refractivity contribution in [2.75, 3.05) is 6.54 Å². The second-order valence-corrected chi connectivity index (χ2v) is 7.48. The van der Waals surface area contributed by atoms with E-state index in [1.54, 1.807) is 0 Å². The second-order valence-electron chi connectivity index (χ2n) is 5.71. The van der Waals surface area contributed by atoms with Crippen LogP contribution in [0.15, 0.2) is 29.2 Å². The van der Waals surface area contributed by atoms with Crippen molar-refractivity contribution < 1.29 is 27.5 Å². The van der Waals surface area contributed by atoms with E-state index in [9.17, 15) is 22.4 Å². The summed E-state index contributed by atoms with van der Waals surface area (Å²) in [6.07, 6.45) is 1.46. The number of amides is 1. The molecule has 132 valence electrons. The highest BCUT2D eigenvalue weighted by Crippen LogP contribution is 2.25. The Hall–Kier alpha value is -2.00. The highest BCUT2D eigenvalue weighted by Gasteiger charge is 2.30. The third kappa shape index (κ3) is 5.00. The molecule has 24 heavy (non-hydrogen) atoms. The van der Waals surface area contributed by atoms with Gasteiger partial charge in [0.1, 0.15) is 5.82 Å². The first-order valence-corrected chi connectivity index (χ1v) is 9.03. The third-order valence-electron chi connectivity index (χ3n) is 3.92. The summed E-state index contributed by atoms with van der Waals surface area (Å²) in [5, 5.41) is 11.6. The number of nitrogens with one attached hydrogen (secondary N) is 2. The number of rotatable bonds is 7. The Morgan fingerprint density at radius 2 is 1.88 bits per heavy atom. The fraction of sp³-hybridized carbons (Fsp3) is 0.467. The summed E-state index contributed by atoms with van der Waals surface area (Å²) in [7, 11) is -3.79. The van der Waals surface area contributed by atoms with Gasteiger partial charge in [-0.25, -0.2) is 17.5 Å². The molecule has 1 aromatic carbocycles. The Morgan fingerprint density at radius 1 is 1.21 bits per heavy atom. The molecule has 0 saturated heterocycles. The number of hydrogen-bond donors (Lipinski definition) is 3. The molecule has 0 bridgehead atoms. The van der Waals surface area contributed by atoms with E-state index in [1.165, 1.54) is 0 Å². The lowest BCUT2D eigenvalue weighted by atomic mass is 10.1. The first-order valence-electron chi connectivity index (χ1n) is 7.55. The zero-order valence-electron chi connectivity index (χ0n) is 12.9. The number of carbonyl (C=O) groups is 2. The Morgan fingerprint density at radius 3 is 2.46 bits per heavy atom. The maximum atomic E-state index is 12.8. The molecule has 0 heterocycles. The molecule has 1 saturated carbocycles. The van der Waals surface area contributed by atoms with E-state index >= 15 is 0 Å². The van der Waals surface area contributed by atoms with Crippen LogP contribution in [-0.4, -0.2) is 38.0 Å². The number of carbonyl (C=O) groups excluding carboxylic acids is 1. The minimum Gasteiger partial charge on any atom is -0.481 e. The molecule has 3 N–H and O–H groups in total. The van der Waals surface area contributed by atoms with Crippen LogP contribution in [0.1, 0.15) is 25.7 Å². The van der Waals surface area contributed by atoms with Gasteiger partial charge >= 0.3 is 5.97 Å². The van der Waals surface area contributed by atoms with Crippen LogP contribution in [0.2, 0.25) is 0 Å². The van der Waals surface area contributed by atoms with E-state index in [0.717, 1.165) is 24.3 Å². The third-order valence-corrected chi connectivity index (χ3v) is 5.39. The molecule has 1 aromatic rings. The van der Waals surface area contributed by atoms with Gasteiger partial charge in [-0.2, -0.15) is 0 Å². The molecule has 9 heteroatoms. The summed E-state index contributed by atoms with van der Waals surface area (Å²) in [6, 6.07) is 4.18. The van der Waals surface area contributed by atoms with Gasteiger partial charge in [0, 0.05) is 19.0 Å². The summed E-state index contributed by atoms with van der Waals surface area (Å²) in [4.78, 5) is 22.6. The summed E-state index contributed by atoms with van der Waals surface area (Å²) < 4.78 is 39.0. The number of hydrogen-bond acceptors (Lipinski definition) is 4. The van der Waals surface area contributed by atoms with Crippen LogP contribution in [-0.2, 0) is 19.6 Å². The number of benzene rings is 1. The van der Waals surface area contributed by atoms with Crippen molar-refractivity contribution in [2.24, 2.45) is 5.92 Å². The van der Waals surface area contributed by atoms with Crippen molar-refractivity contribution in [3.63, 3.8) is 0 Å². The maximum Gasteiger partial charge on any atom is 0.306 e. The molecular formula is C15H19FN2O5S. The minimum atomic E-state index is -3.79. The van der Waals surface area contributed by atoms with Crippen LogP contribution < -0.4 is 10.0 Å². The Kier molecular flexibility index (Phi) is 5.89. The van der Waals surface area contributed by atoms with Crippen LogP contribution in [0.25, 0.3) is 0 Å². The first-order chi connectivity index (χ1) is 11.3. The number of halogens is 1. The lowest BCUT2D eigenvalue weighted by molar-refractivity contribution is -0.141. The predicted octanol–water partition coefficient (Wildman–Crippen LogP) is 0.864. The highest BCUT2D eigenvalue weighted by molar-refractivity contribution is 7.89. The molecule has 2 rings (SSSR count). The molecule has 1 aliphatic rings. The van der Waals surface area contributed by atoms with Gasteiger partial charge in [-0.15, -0.1) is 0 Å². The summed E-state index contributed by atoms with van der Waals surface area (Å²) >= 11 is 0. The molecule has 1 aliphatic carbocycles. The monoisotopic (exact) mass is 358 g/mol. The molecule has 0 aromatic heterocycles. The Balaban J connectivity index is 1.76. The normalized spacial score (nSPS) is 20.7. The predicted molar refractivity (Wildman–Crippen MR) is 83.1 cm³/mol. The molecule has 0 radical (unpaired) electrons. The van der Waals surface area contributed by atoms with Gasteiger partial charge in [-0.1, -0.05) is 0 Å². The van der Waals surface area contributed by atoms with Gasteiger partial charge in [0.05, 0.1) is 10.8 Å². The van der Waals surface area contributed by atoms with Crippen LogP contribution in [0.3, 0.4) is 0 Å². The zero-order chi connectivity index (χ0) is 17.7. The van der Waals surface area contributed by atoms with Gasteiger partial charge < -0.3 is 10.4 Å². The summed E-state index contributed by atoms with van der Waals surface area (Å²) in [6.45, 7) is -0.0966. The van der Waals surface area contributed by atoms with Crippen LogP contribution >= 0.6 is 0 Å². The molecule has 0 unspecified atom stereocenters. The standard InChI is InChI=1S/C15H19FN2O5S/c16-11-2-5-13(6-3-11)24(22,23)17-8-7-14(19)18-12-4-1-10(9-12)15(20)21/h2-3,5-6,10,12,17H,1,4,7-9H2,(H,18,19)(H,20,21)/t10-,12+/m1/s1. The second kappa shape index (κ2) is 7.71. The quantitative estimate of drug-likeness (QED) is 0.669. The van der Waals surface area contributed by atoms with Crippen LogP contribution in [0, 0.1) is 11.7 Å². The lowest BCUT2D eigenvalue weighted by Crippen LogP contribution is -2.36. The molecule has 0 aliphatic heterocycles. The van der Waals surface area contributed by atoms with Crippen LogP contribution in [0.4, 0.5) is 4.39 Å². The van der Waals surface area contributed by atoms with Crippen molar-refractivity contribution in [3.05, 3.63) is 30.1 Å². The van der Waals surface area contributed by atoms with E-state index in [2.05, 4.69) is 10.0 Å². The molecule has 1 fully saturated rings. The van der Waals surface area contributed by atoms with Gasteiger partial charge in [0.25, 0.3) is 0 Å². The first kappa shape index (κ1) is 18.3. The zero-order valence-corrected chi connectivity index (χ0v) is 13.7. The van der Waals surface area contributed by atoms with Crippen molar-refractivity contribution >= 4 is 21.9 Å². The summed E-state index contributed by atoms with van der Waals surface area (Å²) in [5.41, 5.74) is 0. The maximum absolute atomic E-state index is 12.8. The molecule has 7 nitrogen and oxygen atoms in total. The highest BCUT2D eigenvalue weighted by atomic mass is 32.2. The fourth-order valence-electron chi connectivity index (χ4n) is 2.63. The molecular weight excluding hydrogens is 339 g/mol. The van der Waals surface area contributed by atoms with E-state index in [4.69, 9.17) is 5.11 Å². The average Bonchev–Trinajstić information content (AvgIpc) is 2.96.